The number of nitrogens with zero attached hydrogens (tertiary/aromatic N) is 3. The Bertz CT molecular complexity index is 1320. The fourth-order valence-electron chi connectivity index (χ4n) is 8.41. The molecule has 4 atom stereocenters. The lowest BCUT2D eigenvalue weighted by atomic mass is 9.56. The minimum absolute atomic E-state index is 0.00799. The first-order valence-corrected chi connectivity index (χ1v) is 14.6. The standard InChI is InChI=1S/C29H35BrN4O4/c1-25(2)11-13-37-22-19(38-25)9-8-18-21(22)32-23(35)29(18)15-28-16-34(17-31)27(10-6-7-12-30,24(36)33(28)5)14-20(28)26(29,3)4/h8-9,11,13,20H,6-7,10,12,14-16H2,1-5H3,(H,32,35)/t20-,27-,28+,29+/m0/s1. The van der Waals surface area contributed by atoms with Crippen molar-refractivity contribution in [1.82, 2.24) is 9.80 Å². The van der Waals surface area contributed by atoms with Crippen molar-refractivity contribution in [2.75, 3.05) is 24.2 Å². The maximum Gasteiger partial charge on any atom is 0.249 e. The van der Waals surface area contributed by atoms with Gasteiger partial charge in [0, 0.05) is 12.4 Å². The topological polar surface area (TPSA) is 94.9 Å². The molecule has 0 aromatic heterocycles. The van der Waals surface area contributed by atoms with E-state index in [9.17, 15) is 14.9 Å². The van der Waals surface area contributed by atoms with E-state index < -0.39 is 27.5 Å². The van der Waals surface area contributed by atoms with E-state index in [1.165, 1.54) is 0 Å². The number of nitrogens with one attached hydrogen (secondary N) is 1. The summed E-state index contributed by atoms with van der Waals surface area (Å²) in [6.07, 6.45) is 9.31. The van der Waals surface area contributed by atoms with Gasteiger partial charge in [0.25, 0.3) is 0 Å². The molecule has 2 spiro atoms. The summed E-state index contributed by atoms with van der Waals surface area (Å²) in [5.74, 6) is 1.06. The maximum atomic E-state index is 14.2. The minimum atomic E-state index is -0.886. The number of amides is 2. The minimum Gasteiger partial charge on any atom is -0.480 e. The number of piperazine rings is 1. The summed E-state index contributed by atoms with van der Waals surface area (Å²) in [7, 11) is 1.88. The molecule has 3 saturated heterocycles. The van der Waals surface area contributed by atoms with Crippen molar-refractivity contribution < 1.29 is 19.1 Å². The molecule has 9 heteroatoms. The van der Waals surface area contributed by atoms with Crippen LogP contribution in [0.1, 0.15) is 65.4 Å². The van der Waals surface area contributed by atoms with Gasteiger partial charge in [0.05, 0.1) is 29.4 Å². The predicted octanol–water partition coefficient (Wildman–Crippen LogP) is 4.69. The van der Waals surface area contributed by atoms with E-state index in [1.807, 2.05) is 44.0 Å². The number of halogens is 1. The molecular formula is C29H35BrN4O4. The van der Waals surface area contributed by atoms with Crippen LogP contribution in [0.2, 0.25) is 0 Å². The Labute approximate surface area is 232 Å². The molecule has 38 heavy (non-hydrogen) atoms. The van der Waals surface area contributed by atoms with Gasteiger partial charge in [0.2, 0.25) is 11.8 Å². The number of nitriles is 1. The maximum absolute atomic E-state index is 14.2. The molecule has 4 fully saturated rings. The second-order valence-electron chi connectivity index (χ2n) is 12.8. The quantitative estimate of drug-likeness (QED) is 0.314. The molecule has 7 rings (SSSR count). The van der Waals surface area contributed by atoms with Crippen molar-refractivity contribution in [3.63, 3.8) is 0 Å². The molecule has 1 saturated carbocycles. The normalized spacial score (nSPS) is 35.1. The molecule has 202 valence electrons. The summed E-state index contributed by atoms with van der Waals surface area (Å²) in [5, 5.41) is 14.3. The van der Waals surface area contributed by atoms with Gasteiger partial charge in [-0.3, -0.25) is 14.5 Å². The Morgan fingerprint density at radius 2 is 1.97 bits per heavy atom. The monoisotopic (exact) mass is 582 g/mol. The number of fused-ring (bicyclic) bond motifs is 6. The van der Waals surface area contributed by atoms with Gasteiger partial charge >= 0.3 is 0 Å². The Kier molecular flexibility index (Phi) is 5.31. The average molecular weight is 584 g/mol. The van der Waals surface area contributed by atoms with E-state index in [0.29, 0.717) is 43.0 Å². The fraction of sp³-hybridized carbons (Fsp3) is 0.621. The van der Waals surface area contributed by atoms with Crippen molar-refractivity contribution >= 4 is 33.4 Å². The summed E-state index contributed by atoms with van der Waals surface area (Å²) in [6, 6.07) is 3.89. The molecule has 1 aromatic rings. The van der Waals surface area contributed by atoms with Crippen LogP contribution in [0.3, 0.4) is 0 Å². The Hall–Kier alpha value is -2.73. The van der Waals surface area contributed by atoms with Crippen LogP contribution >= 0.6 is 15.9 Å². The van der Waals surface area contributed by atoms with E-state index in [4.69, 9.17) is 9.47 Å². The molecule has 1 N–H and O–H groups in total. The van der Waals surface area contributed by atoms with Crippen LogP contribution in [0.15, 0.2) is 24.5 Å². The molecule has 2 amide bonds. The summed E-state index contributed by atoms with van der Waals surface area (Å²) in [6.45, 7) is 8.71. The highest BCUT2D eigenvalue weighted by Gasteiger charge is 2.79. The molecule has 5 aliphatic heterocycles. The number of hydrogen-bond acceptors (Lipinski definition) is 6. The first-order chi connectivity index (χ1) is 17.9. The van der Waals surface area contributed by atoms with Crippen molar-refractivity contribution in [2.45, 2.75) is 81.9 Å². The predicted molar refractivity (Wildman–Crippen MR) is 146 cm³/mol. The number of benzene rings is 1. The molecule has 0 unspecified atom stereocenters. The third-order valence-electron chi connectivity index (χ3n) is 10.4. The molecule has 1 aliphatic carbocycles. The molecular weight excluding hydrogens is 548 g/mol. The largest absolute Gasteiger partial charge is 0.480 e. The van der Waals surface area contributed by atoms with E-state index in [-0.39, 0.29) is 17.7 Å². The van der Waals surface area contributed by atoms with Gasteiger partial charge in [-0.05, 0) is 75.0 Å². The van der Waals surface area contributed by atoms with Crippen LogP contribution in [-0.4, -0.2) is 57.2 Å². The number of ether oxygens (including phenoxy) is 2. The average Bonchev–Trinajstić information content (AvgIpc) is 3.18. The lowest BCUT2D eigenvalue weighted by Crippen LogP contribution is -2.79. The number of anilines is 1. The SMILES string of the molecule is CN1C(=O)[C@]2(CCCCBr)C[C@H]3C(C)(C)[C@@]4(C[C@@]31CN2C#N)C(=O)Nc1c4ccc2c1OC=CC(C)(C)O2. The Balaban J connectivity index is 1.50. The number of rotatable bonds is 4. The van der Waals surface area contributed by atoms with Gasteiger partial charge in [-0.2, -0.15) is 5.26 Å². The van der Waals surface area contributed by atoms with Crippen molar-refractivity contribution in [3.8, 4) is 17.7 Å². The molecule has 2 bridgehead atoms. The number of alkyl halides is 1. The Morgan fingerprint density at radius 1 is 1.21 bits per heavy atom. The van der Waals surface area contributed by atoms with Crippen LogP contribution in [-0.2, 0) is 15.0 Å². The number of likely N-dealkylation sites (N-methyl/N-ethyl adjacent to an activating group) is 1. The summed E-state index contributed by atoms with van der Waals surface area (Å²) in [5.41, 5.74) is -1.89. The third kappa shape index (κ3) is 2.90. The van der Waals surface area contributed by atoms with E-state index in [1.54, 1.807) is 11.2 Å². The number of carbonyl (C=O) groups excluding carboxylic acids is 2. The lowest BCUT2D eigenvalue weighted by Gasteiger charge is -2.64. The Morgan fingerprint density at radius 3 is 2.68 bits per heavy atom. The smallest absolute Gasteiger partial charge is 0.249 e. The van der Waals surface area contributed by atoms with E-state index in [0.717, 1.165) is 23.7 Å². The highest BCUT2D eigenvalue weighted by atomic mass is 79.9. The van der Waals surface area contributed by atoms with Crippen LogP contribution in [0, 0.1) is 22.8 Å². The zero-order valence-electron chi connectivity index (χ0n) is 22.7. The van der Waals surface area contributed by atoms with Gasteiger partial charge in [-0.15, -0.1) is 0 Å². The lowest BCUT2D eigenvalue weighted by molar-refractivity contribution is -0.184. The summed E-state index contributed by atoms with van der Waals surface area (Å²) < 4.78 is 12.2. The molecule has 5 heterocycles. The second-order valence-corrected chi connectivity index (χ2v) is 13.6. The second kappa shape index (κ2) is 7.91. The van der Waals surface area contributed by atoms with Gasteiger partial charge in [0.15, 0.2) is 17.7 Å². The van der Waals surface area contributed by atoms with Crippen molar-refractivity contribution in [3.05, 3.63) is 30.0 Å². The number of hydrogen-bond donors (Lipinski definition) is 1. The zero-order chi connectivity index (χ0) is 27.3. The summed E-state index contributed by atoms with van der Waals surface area (Å²) >= 11 is 3.50. The van der Waals surface area contributed by atoms with Gasteiger partial charge in [-0.1, -0.05) is 35.8 Å². The van der Waals surface area contributed by atoms with Crippen LogP contribution in [0.25, 0.3) is 0 Å². The van der Waals surface area contributed by atoms with Crippen LogP contribution in [0.4, 0.5) is 5.69 Å². The van der Waals surface area contributed by atoms with Crippen molar-refractivity contribution in [2.24, 2.45) is 11.3 Å². The number of carbonyl (C=O) groups is 2. The molecule has 0 radical (unpaired) electrons. The van der Waals surface area contributed by atoms with Gasteiger partial charge in [-0.25, -0.2) is 0 Å². The van der Waals surface area contributed by atoms with E-state index in [2.05, 4.69) is 41.3 Å². The zero-order valence-corrected chi connectivity index (χ0v) is 24.3. The number of unbranched alkanes of at least 4 members (excludes halogenated alkanes) is 1. The molecule has 1 aromatic carbocycles. The van der Waals surface area contributed by atoms with Gasteiger partial charge in [0.1, 0.15) is 11.1 Å². The number of piperidine rings is 2. The third-order valence-corrected chi connectivity index (χ3v) is 10.9. The fourth-order valence-corrected chi connectivity index (χ4v) is 8.80. The van der Waals surface area contributed by atoms with E-state index >= 15 is 0 Å². The van der Waals surface area contributed by atoms with Crippen molar-refractivity contribution in [1.29, 1.82) is 5.26 Å². The first kappa shape index (κ1) is 25.5. The first-order valence-electron chi connectivity index (χ1n) is 13.4. The van der Waals surface area contributed by atoms with Crippen LogP contribution in [0.5, 0.6) is 11.5 Å². The van der Waals surface area contributed by atoms with Crippen LogP contribution < -0.4 is 14.8 Å². The summed E-state index contributed by atoms with van der Waals surface area (Å²) in [4.78, 5) is 31.9. The molecule has 6 aliphatic rings. The van der Waals surface area contributed by atoms with Gasteiger partial charge < -0.3 is 19.7 Å². The highest BCUT2D eigenvalue weighted by molar-refractivity contribution is 9.09. The highest BCUT2D eigenvalue weighted by Crippen LogP contribution is 2.71. The molecule has 8 nitrogen and oxygen atoms in total.